The third-order valence-electron chi connectivity index (χ3n) is 7.11. The maximum atomic E-state index is 13.2. The van der Waals surface area contributed by atoms with Crippen molar-refractivity contribution in [3.8, 4) is 0 Å². The highest BCUT2D eigenvalue weighted by molar-refractivity contribution is 5.95. The molecule has 0 unspecified atom stereocenters. The first-order valence-electron chi connectivity index (χ1n) is 11.2. The van der Waals surface area contributed by atoms with Gasteiger partial charge in [-0.1, -0.05) is 24.3 Å². The van der Waals surface area contributed by atoms with Crippen LogP contribution in [0.25, 0.3) is 0 Å². The van der Waals surface area contributed by atoms with Gasteiger partial charge in [-0.2, -0.15) is 0 Å². The van der Waals surface area contributed by atoms with Crippen molar-refractivity contribution in [3.63, 3.8) is 0 Å². The zero-order chi connectivity index (χ0) is 21.5. The van der Waals surface area contributed by atoms with Gasteiger partial charge in [-0.15, -0.1) is 0 Å². The summed E-state index contributed by atoms with van der Waals surface area (Å²) in [5.74, 6) is 0.593. The lowest BCUT2D eigenvalue weighted by Crippen LogP contribution is -2.42. The molecular formula is C25H27N3O3. The highest BCUT2D eigenvalue weighted by Gasteiger charge is 2.38. The molecule has 5 rings (SSSR count). The molecule has 1 N–H and O–H groups in total. The number of anilines is 1. The summed E-state index contributed by atoms with van der Waals surface area (Å²) < 4.78 is 0. The molecule has 1 saturated heterocycles. The molecule has 31 heavy (non-hydrogen) atoms. The van der Waals surface area contributed by atoms with Crippen LogP contribution in [0.5, 0.6) is 0 Å². The molecule has 0 spiro atoms. The molecule has 4 atom stereocenters. The molecule has 1 aliphatic carbocycles. The third kappa shape index (κ3) is 3.50. The van der Waals surface area contributed by atoms with E-state index in [4.69, 9.17) is 0 Å². The topological polar surface area (TPSA) is 75.5 Å². The van der Waals surface area contributed by atoms with Crippen molar-refractivity contribution in [2.45, 2.75) is 50.6 Å². The molecule has 0 radical (unpaired) electrons. The van der Waals surface area contributed by atoms with E-state index in [1.54, 1.807) is 12.1 Å². The largest absolute Gasteiger partial charge is 0.378 e. The molecule has 2 aromatic rings. The van der Waals surface area contributed by atoms with Crippen molar-refractivity contribution in [2.75, 3.05) is 11.9 Å². The lowest BCUT2D eigenvalue weighted by molar-refractivity contribution is -0.384. The zero-order valence-corrected chi connectivity index (χ0v) is 17.7. The number of non-ortho nitro benzene ring substituents is 1. The quantitative estimate of drug-likeness (QED) is 0.410. The van der Waals surface area contributed by atoms with Crippen LogP contribution in [0.4, 0.5) is 11.4 Å². The van der Waals surface area contributed by atoms with E-state index in [1.165, 1.54) is 12.5 Å². The Balaban J connectivity index is 1.47. The van der Waals surface area contributed by atoms with Gasteiger partial charge in [0.25, 0.3) is 11.6 Å². The second-order valence-electron chi connectivity index (χ2n) is 8.97. The van der Waals surface area contributed by atoms with Crippen LogP contribution < -0.4 is 5.32 Å². The number of nitro benzene ring substituents is 1. The molecule has 0 aromatic heterocycles. The van der Waals surface area contributed by atoms with Gasteiger partial charge >= 0.3 is 0 Å². The van der Waals surface area contributed by atoms with Gasteiger partial charge in [-0.3, -0.25) is 14.9 Å². The monoisotopic (exact) mass is 417 g/mol. The van der Waals surface area contributed by atoms with Gasteiger partial charge in [0.2, 0.25) is 0 Å². The smallest absolute Gasteiger partial charge is 0.269 e. The van der Waals surface area contributed by atoms with Crippen LogP contribution in [0.2, 0.25) is 0 Å². The molecular weight excluding hydrogens is 390 g/mol. The van der Waals surface area contributed by atoms with E-state index in [-0.39, 0.29) is 40.4 Å². The summed E-state index contributed by atoms with van der Waals surface area (Å²) >= 11 is 0. The maximum absolute atomic E-state index is 13.2. The summed E-state index contributed by atoms with van der Waals surface area (Å²) in [4.78, 5) is 26.1. The van der Waals surface area contributed by atoms with Gasteiger partial charge in [-0.25, -0.2) is 0 Å². The second kappa shape index (κ2) is 7.84. The number of amides is 1. The third-order valence-corrected chi connectivity index (χ3v) is 7.11. The minimum atomic E-state index is -0.343. The Bertz CT molecular complexity index is 1060. The fourth-order valence-electron chi connectivity index (χ4n) is 5.45. The number of fused-ring (bicyclic) bond motifs is 3. The van der Waals surface area contributed by atoms with Crippen LogP contribution in [0.3, 0.4) is 0 Å². The number of benzene rings is 2. The minimum absolute atomic E-state index is 0.00364. The van der Waals surface area contributed by atoms with Gasteiger partial charge in [0.1, 0.15) is 0 Å². The first-order valence-corrected chi connectivity index (χ1v) is 11.2. The predicted octanol–water partition coefficient (Wildman–Crippen LogP) is 5.44. The van der Waals surface area contributed by atoms with Crippen molar-refractivity contribution < 1.29 is 9.72 Å². The average Bonchev–Trinajstić information content (AvgIpc) is 3.28. The number of nitrogens with one attached hydrogen (secondary N) is 1. The fraction of sp³-hybridized carbons (Fsp3) is 0.400. The number of hydrogen-bond donors (Lipinski definition) is 1. The van der Waals surface area contributed by atoms with Crippen LogP contribution in [-0.4, -0.2) is 28.3 Å². The molecule has 1 amide bonds. The summed E-state index contributed by atoms with van der Waals surface area (Å²) in [6.07, 6.45) is 8.65. The SMILES string of the molecule is C[C@H]1CCCCN1C(=O)c1ccc2c(c1)[C@@H]1C=CC[C@@H]1[C@H](c1cccc([N+](=O)[O-])c1)N2. The molecule has 0 bridgehead atoms. The molecule has 0 saturated carbocycles. The summed E-state index contributed by atoms with van der Waals surface area (Å²) in [5, 5.41) is 14.9. The van der Waals surface area contributed by atoms with Crippen molar-refractivity contribution in [1.29, 1.82) is 0 Å². The highest BCUT2D eigenvalue weighted by atomic mass is 16.6. The number of rotatable bonds is 3. The Kier molecular flexibility index (Phi) is 5.00. The molecule has 2 aromatic carbocycles. The van der Waals surface area contributed by atoms with Gasteiger partial charge in [0.15, 0.2) is 0 Å². The first kappa shape index (κ1) is 19.8. The van der Waals surface area contributed by atoms with E-state index in [9.17, 15) is 14.9 Å². The molecule has 6 heteroatoms. The van der Waals surface area contributed by atoms with Gasteiger partial charge < -0.3 is 10.2 Å². The standard InChI is InChI=1S/C25H27N3O3/c1-16-6-2-3-13-27(16)25(29)18-11-12-23-22(15-18)20-9-5-10-21(20)24(26-23)17-7-4-8-19(14-17)28(30)31/h4-5,7-9,11-12,14-16,20-21,24,26H,2-3,6,10,13H2,1H3/t16-,20+,21-,24-/m0/s1. The van der Waals surface area contributed by atoms with Gasteiger partial charge in [-0.05, 0) is 67.9 Å². The second-order valence-corrected chi connectivity index (χ2v) is 8.97. The van der Waals surface area contributed by atoms with E-state index in [0.717, 1.165) is 48.2 Å². The summed E-state index contributed by atoms with van der Waals surface area (Å²) in [7, 11) is 0. The number of hydrogen-bond acceptors (Lipinski definition) is 4. The Hall–Kier alpha value is -3.15. The molecule has 3 aliphatic rings. The molecule has 2 heterocycles. The summed E-state index contributed by atoms with van der Waals surface area (Å²) in [6, 6.07) is 13.2. The molecule has 6 nitrogen and oxygen atoms in total. The van der Waals surface area contributed by atoms with Crippen LogP contribution in [-0.2, 0) is 0 Å². The molecule has 160 valence electrons. The van der Waals surface area contributed by atoms with Crippen molar-refractivity contribution in [3.05, 3.63) is 81.4 Å². The van der Waals surface area contributed by atoms with E-state index in [0.29, 0.717) is 0 Å². The number of nitro groups is 1. The first-order chi connectivity index (χ1) is 15.0. The van der Waals surface area contributed by atoms with Crippen molar-refractivity contribution in [1.82, 2.24) is 4.90 Å². The average molecular weight is 418 g/mol. The zero-order valence-electron chi connectivity index (χ0n) is 17.7. The van der Waals surface area contributed by atoms with Crippen LogP contribution in [0.15, 0.2) is 54.6 Å². The van der Waals surface area contributed by atoms with Crippen molar-refractivity contribution >= 4 is 17.3 Å². The van der Waals surface area contributed by atoms with Gasteiger partial charge in [0, 0.05) is 41.9 Å². The molecule has 1 fully saturated rings. The highest BCUT2D eigenvalue weighted by Crippen LogP contribution is 2.50. The Morgan fingerprint density at radius 2 is 2.06 bits per heavy atom. The van der Waals surface area contributed by atoms with E-state index in [1.807, 2.05) is 23.1 Å². The Morgan fingerprint density at radius 1 is 1.19 bits per heavy atom. The van der Waals surface area contributed by atoms with Crippen LogP contribution >= 0.6 is 0 Å². The number of likely N-dealkylation sites (tertiary alicyclic amines) is 1. The lowest BCUT2D eigenvalue weighted by Gasteiger charge is -2.38. The van der Waals surface area contributed by atoms with Crippen molar-refractivity contribution in [2.24, 2.45) is 5.92 Å². The number of allylic oxidation sites excluding steroid dienone is 2. The predicted molar refractivity (Wildman–Crippen MR) is 120 cm³/mol. The summed E-state index contributed by atoms with van der Waals surface area (Å²) in [6.45, 7) is 2.96. The number of carbonyl (C=O) groups excluding carboxylic acids is 1. The Labute approximate surface area is 182 Å². The van der Waals surface area contributed by atoms with Gasteiger partial charge in [0.05, 0.1) is 11.0 Å². The number of carbonyl (C=O) groups is 1. The van der Waals surface area contributed by atoms with Crippen LogP contribution in [0, 0.1) is 16.0 Å². The Morgan fingerprint density at radius 3 is 2.87 bits per heavy atom. The van der Waals surface area contributed by atoms with Crippen LogP contribution in [0.1, 0.15) is 66.1 Å². The normalized spacial score (nSPS) is 26.7. The van der Waals surface area contributed by atoms with E-state index >= 15 is 0 Å². The number of nitrogens with zero attached hydrogens (tertiary/aromatic N) is 2. The maximum Gasteiger partial charge on any atom is 0.269 e. The minimum Gasteiger partial charge on any atom is -0.378 e. The summed E-state index contributed by atoms with van der Waals surface area (Å²) in [5.41, 5.74) is 3.95. The lowest BCUT2D eigenvalue weighted by atomic mass is 9.76. The number of piperidine rings is 1. The fourth-order valence-corrected chi connectivity index (χ4v) is 5.45. The molecule has 2 aliphatic heterocycles. The van der Waals surface area contributed by atoms with E-state index in [2.05, 4.69) is 30.5 Å². The van der Waals surface area contributed by atoms with E-state index < -0.39 is 0 Å².